The quantitative estimate of drug-likeness (QED) is 0.599. The number of hydrogen-bond acceptors (Lipinski definition) is 7. The summed E-state index contributed by atoms with van der Waals surface area (Å²) in [6.07, 6.45) is -1.17. The molecule has 2 N–H and O–H groups in total. The third kappa shape index (κ3) is 5.40. The minimum Gasteiger partial charge on any atom is -0.497 e. The summed E-state index contributed by atoms with van der Waals surface area (Å²) in [6.45, 7) is 5.41. The van der Waals surface area contributed by atoms with E-state index in [0.717, 1.165) is 4.90 Å². The predicted molar refractivity (Wildman–Crippen MR) is 106 cm³/mol. The highest BCUT2D eigenvalue weighted by molar-refractivity contribution is 6.00. The molecule has 30 heavy (non-hydrogen) atoms. The van der Waals surface area contributed by atoms with Crippen molar-refractivity contribution in [1.82, 2.24) is 15.5 Å². The van der Waals surface area contributed by atoms with Gasteiger partial charge in [-0.3, -0.25) is 14.5 Å². The van der Waals surface area contributed by atoms with Crippen molar-refractivity contribution in [2.45, 2.75) is 32.9 Å². The molecule has 2 rings (SSSR count). The van der Waals surface area contributed by atoms with Crippen LogP contribution in [-0.2, 0) is 14.3 Å². The van der Waals surface area contributed by atoms with Crippen molar-refractivity contribution in [2.75, 3.05) is 27.3 Å². The van der Waals surface area contributed by atoms with E-state index < -0.39 is 36.0 Å². The van der Waals surface area contributed by atoms with Gasteiger partial charge in [0.15, 0.2) is 6.10 Å². The second-order valence-electron chi connectivity index (χ2n) is 7.10. The Hall–Kier alpha value is -3.30. The predicted octanol–water partition coefficient (Wildman–Crippen LogP) is 0.942. The highest BCUT2D eigenvalue weighted by Crippen LogP contribution is 2.22. The molecule has 1 fully saturated rings. The molecule has 10 heteroatoms. The molecule has 1 heterocycles. The van der Waals surface area contributed by atoms with Crippen LogP contribution in [0.25, 0.3) is 0 Å². The Bertz CT molecular complexity index is 802. The second-order valence-corrected chi connectivity index (χ2v) is 7.10. The van der Waals surface area contributed by atoms with Gasteiger partial charge in [-0.2, -0.15) is 0 Å². The molecule has 1 aromatic rings. The summed E-state index contributed by atoms with van der Waals surface area (Å²) in [5.41, 5.74) is 0.238. The first kappa shape index (κ1) is 23.0. The molecule has 0 spiro atoms. The van der Waals surface area contributed by atoms with Crippen LogP contribution in [0.4, 0.5) is 4.79 Å². The van der Waals surface area contributed by atoms with Gasteiger partial charge in [-0.05, 0) is 25.0 Å². The number of urea groups is 1. The largest absolute Gasteiger partial charge is 0.497 e. The average molecular weight is 421 g/mol. The first-order valence-corrected chi connectivity index (χ1v) is 9.51. The van der Waals surface area contributed by atoms with E-state index in [1.54, 1.807) is 19.9 Å². The number of carbonyl (C=O) groups excluding carboxylic acids is 4. The van der Waals surface area contributed by atoms with Gasteiger partial charge >= 0.3 is 12.0 Å². The number of amides is 4. The van der Waals surface area contributed by atoms with Gasteiger partial charge in [0.2, 0.25) is 0 Å². The highest BCUT2D eigenvalue weighted by Gasteiger charge is 2.34. The van der Waals surface area contributed by atoms with Gasteiger partial charge in [0.25, 0.3) is 11.8 Å². The van der Waals surface area contributed by atoms with Crippen molar-refractivity contribution >= 4 is 23.8 Å². The lowest BCUT2D eigenvalue weighted by Gasteiger charge is -2.24. The molecule has 1 aliphatic heterocycles. The molecule has 0 saturated carbocycles. The maximum atomic E-state index is 12.7. The fourth-order valence-electron chi connectivity index (χ4n) is 2.86. The molecule has 1 aliphatic rings. The highest BCUT2D eigenvalue weighted by atomic mass is 16.5. The van der Waals surface area contributed by atoms with E-state index in [2.05, 4.69) is 10.6 Å². The Morgan fingerprint density at radius 1 is 1.07 bits per heavy atom. The summed E-state index contributed by atoms with van der Waals surface area (Å²) in [7, 11) is 2.92. The SMILES string of the molecule is COc1cc(OC)cc(C(=O)N[C@H](C(=O)OC(C)C(=O)N2CCNC2=O)C(C)C)c1. The summed E-state index contributed by atoms with van der Waals surface area (Å²) in [6, 6.07) is 3.12. The van der Waals surface area contributed by atoms with Gasteiger partial charge in [0, 0.05) is 24.7 Å². The van der Waals surface area contributed by atoms with Crippen LogP contribution in [0.1, 0.15) is 31.1 Å². The molecule has 0 radical (unpaired) electrons. The van der Waals surface area contributed by atoms with Crippen molar-refractivity contribution in [1.29, 1.82) is 0 Å². The van der Waals surface area contributed by atoms with Crippen LogP contribution in [0.3, 0.4) is 0 Å². The van der Waals surface area contributed by atoms with E-state index in [1.165, 1.54) is 33.3 Å². The topological polar surface area (TPSA) is 123 Å². The molecule has 1 saturated heterocycles. The molecule has 0 bridgehead atoms. The minimum atomic E-state index is -1.17. The molecule has 0 aromatic heterocycles. The first-order chi connectivity index (χ1) is 14.2. The summed E-state index contributed by atoms with van der Waals surface area (Å²) in [5.74, 6) is -1.39. The van der Waals surface area contributed by atoms with Gasteiger partial charge in [0.1, 0.15) is 17.5 Å². The Morgan fingerprint density at radius 3 is 2.13 bits per heavy atom. The molecule has 164 valence electrons. The standard InChI is InChI=1S/C20H27N3O7/c1-11(2)16(19(26)30-12(3)18(25)23-7-6-21-20(23)27)22-17(24)13-8-14(28-4)10-15(9-13)29-5/h8-12,16H,6-7H2,1-5H3,(H,21,27)(H,22,24)/t12?,16-/m0/s1. The van der Waals surface area contributed by atoms with Crippen molar-refractivity contribution in [3.8, 4) is 11.5 Å². The second kappa shape index (κ2) is 9.95. The number of rotatable bonds is 8. The Kier molecular flexibility index (Phi) is 7.62. The number of benzene rings is 1. The van der Waals surface area contributed by atoms with E-state index in [9.17, 15) is 19.2 Å². The number of hydrogen-bond donors (Lipinski definition) is 2. The van der Waals surface area contributed by atoms with Crippen molar-refractivity contribution < 1.29 is 33.4 Å². The van der Waals surface area contributed by atoms with Crippen LogP contribution in [0, 0.1) is 5.92 Å². The minimum absolute atomic E-state index is 0.210. The van der Waals surface area contributed by atoms with Crippen molar-refractivity contribution in [2.24, 2.45) is 5.92 Å². The van der Waals surface area contributed by atoms with Gasteiger partial charge in [-0.25, -0.2) is 9.59 Å². The molecule has 10 nitrogen and oxygen atoms in total. The third-order valence-corrected chi connectivity index (χ3v) is 4.58. The summed E-state index contributed by atoms with van der Waals surface area (Å²) < 4.78 is 15.6. The van der Waals surface area contributed by atoms with Gasteiger partial charge < -0.3 is 24.8 Å². The summed E-state index contributed by atoms with van der Waals surface area (Å²) in [5, 5.41) is 5.14. The average Bonchev–Trinajstić information content (AvgIpc) is 3.15. The lowest BCUT2D eigenvalue weighted by Crippen LogP contribution is -2.48. The molecule has 4 amide bonds. The number of imide groups is 1. The number of ether oxygens (including phenoxy) is 3. The third-order valence-electron chi connectivity index (χ3n) is 4.58. The maximum Gasteiger partial charge on any atom is 0.329 e. The van der Waals surface area contributed by atoms with Crippen LogP contribution in [-0.4, -0.2) is 68.2 Å². The molecular weight excluding hydrogens is 394 g/mol. The van der Waals surface area contributed by atoms with Crippen LogP contribution in [0.15, 0.2) is 18.2 Å². The number of esters is 1. The zero-order chi connectivity index (χ0) is 22.4. The Labute approximate surface area is 174 Å². The number of nitrogens with zero attached hydrogens (tertiary/aromatic N) is 1. The van der Waals surface area contributed by atoms with Crippen molar-refractivity contribution in [3.63, 3.8) is 0 Å². The zero-order valence-electron chi connectivity index (χ0n) is 17.7. The van der Waals surface area contributed by atoms with E-state index in [4.69, 9.17) is 14.2 Å². The fraction of sp³-hybridized carbons (Fsp3) is 0.500. The van der Waals surface area contributed by atoms with E-state index >= 15 is 0 Å². The van der Waals surface area contributed by atoms with E-state index in [0.29, 0.717) is 18.0 Å². The van der Waals surface area contributed by atoms with E-state index in [-0.39, 0.29) is 18.0 Å². The van der Waals surface area contributed by atoms with Crippen LogP contribution in [0.5, 0.6) is 11.5 Å². The van der Waals surface area contributed by atoms with E-state index in [1.807, 2.05) is 0 Å². The van der Waals surface area contributed by atoms with Crippen LogP contribution in [0.2, 0.25) is 0 Å². The maximum absolute atomic E-state index is 12.7. The number of nitrogens with one attached hydrogen (secondary N) is 2. The Morgan fingerprint density at radius 2 is 1.67 bits per heavy atom. The monoisotopic (exact) mass is 421 g/mol. The van der Waals surface area contributed by atoms with Crippen LogP contribution >= 0.6 is 0 Å². The molecular formula is C20H27N3O7. The fourth-order valence-corrected chi connectivity index (χ4v) is 2.86. The van der Waals surface area contributed by atoms with Crippen LogP contribution < -0.4 is 20.1 Å². The molecule has 1 aromatic carbocycles. The lowest BCUT2D eigenvalue weighted by atomic mass is 10.0. The lowest BCUT2D eigenvalue weighted by molar-refractivity contribution is -0.160. The molecule has 1 unspecified atom stereocenters. The van der Waals surface area contributed by atoms with Gasteiger partial charge in [-0.15, -0.1) is 0 Å². The number of carbonyl (C=O) groups is 4. The van der Waals surface area contributed by atoms with Gasteiger partial charge in [-0.1, -0.05) is 13.8 Å². The molecule has 2 atom stereocenters. The molecule has 0 aliphatic carbocycles. The normalized spacial score (nSPS) is 15.3. The van der Waals surface area contributed by atoms with Crippen molar-refractivity contribution in [3.05, 3.63) is 23.8 Å². The van der Waals surface area contributed by atoms with Gasteiger partial charge in [0.05, 0.1) is 14.2 Å². The Balaban J connectivity index is 2.09. The number of methoxy groups -OCH3 is 2. The summed E-state index contributed by atoms with van der Waals surface area (Å²) >= 11 is 0. The summed E-state index contributed by atoms with van der Waals surface area (Å²) in [4.78, 5) is 50.3. The first-order valence-electron chi connectivity index (χ1n) is 9.51. The smallest absolute Gasteiger partial charge is 0.329 e. The zero-order valence-corrected chi connectivity index (χ0v) is 17.7.